The zero-order valence-electron chi connectivity index (χ0n) is 10.1. The van der Waals surface area contributed by atoms with Crippen molar-refractivity contribution in [2.45, 2.75) is 26.7 Å². The molecule has 0 aliphatic heterocycles. The summed E-state index contributed by atoms with van der Waals surface area (Å²) in [6.07, 6.45) is 7.38. The van der Waals surface area contributed by atoms with Gasteiger partial charge in [-0.25, -0.2) is 0 Å². The molecule has 84 valence electrons. The van der Waals surface area contributed by atoms with Crippen molar-refractivity contribution in [1.82, 2.24) is 9.97 Å². The Hall–Kier alpha value is -1.70. The van der Waals surface area contributed by atoms with Crippen LogP contribution < -0.4 is 0 Å². The van der Waals surface area contributed by atoms with Crippen molar-refractivity contribution in [1.29, 1.82) is 0 Å². The van der Waals surface area contributed by atoms with Gasteiger partial charge < -0.3 is 0 Å². The fraction of sp³-hybridized carbons (Fsp3) is 0.286. The summed E-state index contributed by atoms with van der Waals surface area (Å²) in [6, 6.07) is 8.10. The maximum Gasteiger partial charge on any atom is 0.0305 e. The van der Waals surface area contributed by atoms with Crippen molar-refractivity contribution in [2.75, 3.05) is 0 Å². The molecule has 2 heteroatoms. The number of aromatic nitrogens is 2. The maximum absolute atomic E-state index is 4.11. The van der Waals surface area contributed by atoms with Crippen LogP contribution >= 0.6 is 0 Å². The molecule has 2 heterocycles. The van der Waals surface area contributed by atoms with Crippen LogP contribution in [0.1, 0.15) is 37.8 Å². The standard InChI is InChI=1S/C12H12N2.C2H6/c1-10(11-4-2-6-13-8-11)12-5-3-7-14-9-12;1-2/h2-10H,1H3;1-2H3. The molecule has 2 aromatic heterocycles. The van der Waals surface area contributed by atoms with Crippen LogP contribution in [0.5, 0.6) is 0 Å². The van der Waals surface area contributed by atoms with E-state index in [-0.39, 0.29) is 0 Å². The first-order valence-electron chi connectivity index (χ1n) is 5.68. The Bertz CT molecular complexity index is 344. The normalized spacial score (nSPS) is 9.50. The largest absolute Gasteiger partial charge is 0.264 e. The third-order valence-electron chi connectivity index (χ3n) is 2.37. The molecular weight excluding hydrogens is 196 g/mol. The number of nitrogens with zero attached hydrogens (tertiary/aromatic N) is 2. The van der Waals surface area contributed by atoms with Gasteiger partial charge in [0.2, 0.25) is 0 Å². The van der Waals surface area contributed by atoms with E-state index in [1.807, 2.05) is 38.4 Å². The molecule has 2 aromatic rings. The fourth-order valence-corrected chi connectivity index (χ4v) is 1.46. The Morgan fingerprint density at radius 1 is 0.875 bits per heavy atom. The van der Waals surface area contributed by atoms with Gasteiger partial charge >= 0.3 is 0 Å². The summed E-state index contributed by atoms with van der Waals surface area (Å²) in [5, 5.41) is 0. The van der Waals surface area contributed by atoms with Gasteiger partial charge in [0.25, 0.3) is 0 Å². The van der Waals surface area contributed by atoms with Crippen molar-refractivity contribution in [3.63, 3.8) is 0 Å². The molecule has 16 heavy (non-hydrogen) atoms. The monoisotopic (exact) mass is 214 g/mol. The highest BCUT2D eigenvalue weighted by Gasteiger charge is 2.07. The molecular formula is C14H18N2. The Morgan fingerprint density at radius 2 is 1.31 bits per heavy atom. The quantitative estimate of drug-likeness (QED) is 0.762. The van der Waals surface area contributed by atoms with Crippen molar-refractivity contribution < 1.29 is 0 Å². The molecule has 0 unspecified atom stereocenters. The zero-order valence-corrected chi connectivity index (χ0v) is 10.1. The average molecular weight is 214 g/mol. The summed E-state index contributed by atoms with van der Waals surface area (Å²) in [4.78, 5) is 8.22. The van der Waals surface area contributed by atoms with Gasteiger partial charge in [0.1, 0.15) is 0 Å². The lowest BCUT2D eigenvalue weighted by molar-refractivity contribution is 0.901. The first-order valence-corrected chi connectivity index (χ1v) is 5.68. The van der Waals surface area contributed by atoms with Crippen LogP contribution in [0.15, 0.2) is 49.1 Å². The van der Waals surface area contributed by atoms with E-state index in [4.69, 9.17) is 0 Å². The fourth-order valence-electron chi connectivity index (χ4n) is 1.46. The van der Waals surface area contributed by atoms with Gasteiger partial charge in [0.05, 0.1) is 0 Å². The second-order valence-electron chi connectivity index (χ2n) is 3.29. The van der Waals surface area contributed by atoms with E-state index in [9.17, 15) is 0 Å². The summed E-state index contributed by atoms with van der Waals surface area (Å²) >= 11 is 0. The lowest BCUT2D eigenvalue weighted by Gasteiger charge is -2.10. The van der Waals surface area contributed by atoms with E-state index in [1.54, 1.807) is 12.4 Å². The highest BCUT2D eigenvalue weighted by molar-refractivity contribution is 5.27. The average Bonchev–Trinajstić information content (AvgIpc) is 2.42. The Balaban J connectivity index is 0.000000606. The second-order valence-corrected chi connectivity index (χ2v) is 3.29. The topological polar surface area (TPSA) is 25.8 Å². The van der Waals surface area contributed by atoms with Crippen LogP contribution in [0.4, 0.5) is 0 Å². The van der Waals surface area contributed by atoms with Gasteiger partial charge in [-0.15, -0.1) is 0 Å². The highest BCUT2D eigenvalue weighted by Crippen LogP contribution is 2.21. The van der Waals surface area contributed by atoms with E-state index >= 15 is 0 Å². The zero-order chi connectivity index (χ0) is 11.8. The third kappa shape index (κ3) is 3.16. The van der Waals surface area contributed by atoms with E-state index in [2.05, 4.69) is 29.0 Å². The molecule has 0 amide bonds. The van der Waals surface area contributed by atoms with Gasteiger partial charge in [-0.1, -0.05) is 32.9 Å². The van der Waals surface area contributed by atoms with Crippen molar-refractivity contribution in [2.24, 2.45) is 0 Å². The van der Waals surface area contributed by atoms with E-state index in [1.165, 1.54) is 11.1 Å². The van der Waals surface area contributed by atoms with Gasteiger partial charge in [0, 0.05) is 30.7 Å². The summed E-state index contributed by atoms with van der Waals surface area (Å²) in [5.74, 6) is 0.359. The summed E-state index contributed by atoms with van der Waals surface area (Å²) in [5.41, 5.74) is 2.45. The SMILES string of the molecule is CC.CC(c1cccnc1)c1cccnc1. The minimum Gasteiger partial charge on any atom is -0.264 e. The predicted molar refractivity (Wildman–Crippen MR) is 67.3 cm³/mol. The Morgan fingerprint density at radius 3 is 1.62 bits per heavy atom. The van der Waals surface area contributed by atoms with E-state index in [0.29, 0.717) is 5.92 Å². The minimum absolute atomic E-state index is 0.359. The maximum atomic E-state index is 4.11. The first-order chi connectivity index (χ1) is 7.88. The van der Waals surface area contributed by atoms with Crippen LogP contribution in [0.2, 0.25) is 0 Å². The predicted octanol–water partition coefficient (Wildman–Crippen LogP) is 3.65. The van der Waals surface area contributed by atoms with Crippen molar-refractivity contribution in [3.05, 3.63) is 60.2 Å². The molecule has 0 fully saturated rings. The Kier molecular flexibility index (Phi) is 5.20. The molecule has 0 spiro atoms. The lowest BCUT2D eigenvalue weighted by atomic mass is 9.96. The number of hydrogen-bond acceptors (Lipinski definition) is 2. The molecule has 0 aliphatic rings. The van der Waals surface area contributed by atoms with Crippen molar-refractivity contribution >= 4 is 0 Å². The van der Waals surface area contributed by atoms with Crippen LogP contribution in [0.25, 0.3) is 0 Å². The molecule has 0 bridgehead atoms. The first kappa shape index (κ1) is 12.4. The lowest BCUT2D eigenvalue weighted by Crippen LogP contribution is -1.96. The van der Waals surface area contributed by atoms with Gasteiger partial charge in [0.15, 0.2) is 0 Å². The van der Waals surface area contributed by atoms with E-state index < -0.39 is 0 Å². The molecule has 2 nitrogen and oxygen atoms in total. The summed E-state index contributed by atoms with van der Waals surface area (Å²) in [6.45, 7) is 6.16. The molecule has 0 atom stereocenters. The number of pyridine rings is 2. The van der Waals surface area contributed by atoms with Crippen molar-refractivity contribution in [3.8, 4) is 0 Å². The molecule has 0 radical (unpaired) electrons. The molecule has 0 aromatic carbocycles. The van der Waals surface area contributed by atoms with Gasteiger partial charge in [-0.3, -0.25) is 9.97 Å². The minimum atomic E-state index is 0.359. The third-order valence-corrected chi connectivity index (χ3v) is 2.37. The number of hydrogen-bond donors (Lipinski definition) is 0. The molecule has 0 saturated heterocycles. The number of rotatable bonds is 2. The summed E-state index contributed by atoms with van der Waals surface area (Å²) < 4.78 is 0. The second kappa shape index (κ2) is 6.72. The van der Waals surface area contributed by atoms with Crippen LogP contribution in [0.3, 0.4) is 0 Å². The van der Waals surface area contributed by atoms with Gasteiger partial charge in [-0.05, 0) is 23.3 Å². The van der Waals surface area contributed by atoms with Crippen LogP contribution in [-0.2, 0) is 0 Å². The summed E-state index contributed by atoms with van der Waals surface area (Å²) in [7, 11) is 0. The van der Waals surface area contributed by atoms with Gasteiger partial charge in [-0.2, -0.15) is 0 Å². The van der Waals surface area contributed by atoms with E-state index in [0.717, 1.165) is 0 Å². The van der Waals surface area contributed by atoms with Crippen LogP contribution in [-0.4, -0.2) is 9.97 Å². The molecule has 0 saturated carbocycles. The highest BCUT2D eigenvalue weighted by atomic mass is 14.6. The van der Waals surface area contributed by atoms with Crippen LogP contribution in [0, 0.1) is 0 Å². The Labute approximate surface area is 97.4 Å². The molecule has 0 aliphatic carbocycles. The molecule has 2 rings (SSSR count). The molecule has 0 N–H and O–H groups in total. The smallest absolute Gasteiger partial charge is 0.0305 e.